The normalized spacial score (nSPS) is 12.3. The molecule has 18 heavy (non-hydrogen) atoms. The molecular formula is C12H16BrClN2O2. The number of pyridine rings is 1. The summed E-state index contributed by atoms with van der Waals surface area (Å²) < 4.78 is 5.80. The van der Waals surface area contributed by atoms with Crippen LogP contribution in [0.4, 0.5) is 0 Å². The molecule has 0 bridgehead atoms. The number of amides is 1. The lowest BCUT2D eigenvalue weighted by Crippen LogP contribution is -2.41. The highest BCUT2D eigenvalue weighted by Gasteiger charge is 2.22. The largest absolute Gasteiger partial charge is 0.383 e. The number of hydrogen-bond donors (Lipinski definition) is 0. The van der Waals surface area contributed by atoms with Gasteiger partial charge in [0.2, 0.25) is 0 Å². The van der Waals surface area contributed by atoms with Crippen LogP contribution in [0.25, 0.3) is 0 Å². The van der Waals surface area contributed by atoms with Gasteiger partial charge in [0.05, 0.1) is 18.2 Å². The predicted octanol–water partition coefficient (Wildman–Crippen LogP) is 2.99. The molecule has 0 saturated heterocycles. The summed E-state index contributed by atoms with van der Waals surface area (Å²) in [6.45, 7) is 4.93. The Morgan fingerprint density at radius 3 is 2.89 bits per heavy atom. The van der Waals surface area contributed by atoms with Crippen LogP contribution >= 0.6 is 27.5 Å². The molecule has 4 nitrogen and oxygen atoms in total. The minimum Gasteiger partial charge on any atom is -0.383 e. The Hall–Kier alpha value is -0.650. The van der Waals surface area contributed by atoms with E-state index in [4.69, 9.17) is 16.3 Å². The highest BCUT2D eigenvalue weighted by atomic mass is 79.9. The van der Waals surface area contributed by atoms with E-state index in [0.29, 0.717) is 18.7 Å². The first-order valence-corrected chi connectivity index (χ1v) is 6.79. The molecule has 0 aliphatic carbocycles. The number of carbonyl (C=O) groups is 1. The van der Waals surface area contributed by atoms with Crippen molar-refractivity contribution in [1.82, 2.24) is 9.88 Å². The molecule has 0 aromatic carbocycles. The van der Waals surface area contributed by atoms with Crippen molar-refractivity contribution in [1.29, 1.82) is 0 Å². The molecule has 1 rings (SSSR count). The van der Waals surface area contributed by atoms with Gasteiger partial charge in [-0.3, -0.25) is 4.79 Å². The number of methoxy groups -OCH3 is 1. The Balaban J connectivity index is 2.99. The number of likely N-dealkylation sites (N-methyl/N-ethyl adjacent to an activating group) is 1. The summed E-state index contributed by atoms with van der Waals surface area (Å²) in [7, 11) is 1.61. The Morgan fingerprint density at radius 1 is 1.67 bits per heavy atom. The van der Waals surface area contributed by atoms with E-state index in [-0.39, 0.29) is 17.1 Å². The van der Waals surface area contributed by atoms with E-state index in [1.807, 2.05) is 13.8 Å². The van der Waals surface area contributed by atoms with E-state index in [0.717, 1.165) is 4.47 Å². The summed E-state index contributed by atoms with van der Waals surface area (Å²) in [4.78, 5) is 18.1. The Bertz CT molecular complexity index is 429. The molecule has 1 atom stereocenters. The number of hydrogen-bond acceptors (Lipinski definition) is 3. The summed E-state index contributed by atoms with van der Waals surface area (Å²) in [5, 5.41) is 0.214. The van der Waals surface area contributed by atoms with Gasteiger partial charge in [0.1, 0.15) is 5.15 Å². The van der Waals surface area contributed by atoms with Crippen molar-refractivity contribution in [3.8, 4) is 0 Å². The quantitative estimate of drug-likeness (QED) is 0.777. The van der Waals surface area contributed by atoms with E-state index in [1.165, 1.54) is 0 Å². The van der Waals surface area contributed by atoms with Crippen molar-refractivity contribution < 1.29 is 9.53 Å². The number of carbonyl (C=O) groups excluding carboxylic acids is 1. The van der Waals surface area contributed by atoms with Gasteiger partial charge in [-0.05, 0) is 35.8 Å². The van der Waals surface area contributed by atoms with Crippen LogP contribution in [0.5, 0.6) is 0 Å². The third-order valence-corrected chi connectivity index (χ3v) is 3.31. The fourth-order valence-corrected chi connectivity index (χ4v) is 2.23. The molecule has 1 amide bonds. The maximum atomic E-state index is 12.4. The molecule has 1 aromatic rings. The lowest BCUT2D eigenvalue weighted by molar-refractivity contribution is 0.0579. The first-order chi connectivity index (χ1) is 8.51. The first kappa shape index (κ1) is 15.4. The minimum absolute atomic E-state index is 0.0115. The van der Waals surface area contributed by atoms with Gasteiger partial charge in [-0.1, -0.05) is 11.6 Å². The number of aromatic nitrogens is 1. The average molecular weight is 336 g/mol. The van der Waals surface area contributed by atoms with Crippen LogP contribution in [0.15, 0.2) is 16.7 Å². The number of halogens is 2. The van der Waals surface area contributed by atoms with E-state index < -0.39 is 0 Å². The molecule has 100 valence electrons. The Kier molecular flexibility index (Phi) is 6.05. The third kappa shape index (κ3) is 3.67. The summed E-state index contributed by atoms with van der Waals surface area (Å²) in [6, 6.07) is 1.67. The van der Waals surface area contributed by atoms with Crippen LogP contribution < -0.4 is 0 Å². The van der Waals surface area contributed by atoms with Gasteiger partial charge in [-0.25, -0.2) is 4.98 Å². The lowest BCUT2D eigenvalue weighted by Gasteiger charge is -2.27. The van der Waals surface area contributed by atoms with E-state index in [9.17, 15) is 4.79 Å². The SMILES string of the molecule is CCN(C(=O)c1cc(Br)cnc1Cl)C(C)COC. The van der Waals surface area contributed by atoms with Crippen molar-refractivity contribution in [2.75, 3.05) is 20.3 Å². The Labute approximate surface area is 120 Å². The van der Waals surface area contributed by atoms with Crippen LogP contribution in [-0.4, -0.2) is 42.1 Å². The molecule has 6 heteroatoms. The molecule has 1 aromatic heterocycles. The average Bonchev–Trinajstić information content (AvgIpc) is 2.33. The van der Waals surface area contributed by atoms with Crippen LogP contribution in [0, 0.1) is 0 Å². The predicted molar refractivity (Wildman–Crippen MR) is 75.0 cm³/mol. The maximum Gasteiger partial charge on any atom is 0.257 e. The van der Waals surface area contributed by atoms with Crippen molar-refractivity contribution >= 4 is 33.4 Å². The second kappa shape index (κ2) is 7.07. The van der Waals surface area contributed by atoms with Crippen molar-refractivity contribution in [2.45, 2.75) is 19.9 Å². The third-order valence-electron chi connectivity index (χ3n) is 2.58. The van der Waals surface area contributed by atoms with Gasteiger partial charge in [0.25, 0.3) is 5.91 Å². The van der Waals surface area contributed by atoms with E-state index in [1.54, 1.807) is 24.3 Å². The van der Waals surface area contributed by atoms with Gasteiger partial charge in [0, 0.05) is 24.3 Å². The summed E-state index contributed by atoms with van der Waals surface area (Å²) >= 11 is 9.25. The van der Waals surface area contributed by atoms with Crippen LogP contribution in [0.3, 0.4) is 0 Å². The topological polar surface area (TPSA) is 42.4 Å². The molecule has 0 aliphatic heterocycles. The molecule has 0 radical (unpaired) electrons. The maximum absolute atomic E-state index is 12.4. The Morgan fingerprint density at radius 2 is 2.33 bits per heavy atom. The molecule has 0 N–H and O–H groups in total. The van der Waals surface area contributed by atoms with Crippen LogP contribution in [0.2, 0.25) is 5.15 Å². The van der Waals surface area contributed by atoms with Crippen LogP contribution in [0.1, 0.15) is 24.2 Å². The molecular weight excluding hydrogens is 320 g/mol. The van der Waals surface area contributed by atoms with Crippen molar-refractivity contribution in [3.63, 3.8) is 0 Å². The summed E-state index contributed by atoms with van der Waals surface area (Å²) in [5.41, 5.74) is 0.399. The number of nitrogens with zero attached hydrogens (tertiary/aromatic N) is 2. The molecule has 0 aliphatic rings. The molecule has 1 heterocycles. The molecule has 0 saturated carbocycles. The highest BCUT2D eigenvalue weighted by Crippen LogP contribution is 2.20. The summed E-state index contributed by atoms with van der Waals surface area (Å²) in [5.74, 6) is -0.138. The first-order valence-electron chi connectivity index (χ1n) is 5.62. The smallest absolute Gasteiger partial charge is 0.257 e. The van der Waals surface area contributed by atoms with Gasteiger partial charge in [-0.2, -0.15) is 0 Å². The van der Waals surface area contributed by atoms with Gasteiger partial charge in [0.15, 0.2) is 0 Å². The van der Waals surface area contributed by atoms with Gasteiger partial charge < -0.3 is 9.64 Å². The van der Waals surface area contributed by atoms with Gasteiger partial charge >= 0.3 is 0 Å². The monoisotopic (exact) mass is 334 g/mol. The van der Waals surface area contributed by atoms with E-state index in [2.05, 4.69) is 20.9 Å². The standard InChI is InChI=1S/C12H16BrClN2O2/c1-4-16(8(2)7-18-3)12(17)10-5-9(13)6-15-11(10)14/h5-6,8H,4,7H2,1-3H3. The lowest BCUT2D eigenvalue weighted by atomic mass is 10.2. The fourth-order valence-electron chi connectivity index (χ4n) is 1.71. The van der Waals surface area contributed by atoms with E-state index >= 15 is 0 Å². The van der Waals surface area contributed by atoms with Crippen molar-refractivity contribution in [3.05, 3.63) is 27.5 Å². The second-order valence-electron chi connectivity index (χ2n) is 3.89. The second-order valence-corrected chi connectivity index (χ2v) is 5.16. The van der Waals surface area contributed by atoms with Gasteiger partial charge in [-0.15, -0.1) is 0 Å². The minimum atomic E-state index is -0.138. The molecule has 1 unspecified atom stereocenters. The number of rotatable bonds is 5. The molecule has 0 spiro atoms. The fraction of sp³-hybridized carbons (Fsp3) is 0.500. The zero-order chi connectivity index (χ0) is 13.7. The van der Waals surface area contributed by atoms with Crippen LogP contribution in [-0.2, 0) is 4.74 Å². The number of ether oxygens (including phenoxy) is 1. The zero-order valence-electron chi connectivity index (χ0n) is 10.6. The summed E-state index contributed by atoms with van der Waals surface area (Å²) in [6.07, 6.45) is 1.56. The highest BCUT2D eigenvalue weighted by molar-refractivity contribution is 9.10. The zero-order valence-corrected chi connectivity index (χ0v) is 13.0. The molecule has 0 fully saturated rings. The van der Waals surface area contributed by atoms with Crippen molar-refractivity contribution in [2.24, 2.45) is 0 Å².